The van der Waals surface area contributed by atoms with Crippen molar-refractivity contribution < 1.29 is 18.8 Å². The second kappa shape index (κ2) is 8.99. The molecule has 0 radical (unpaired) electrons. The molecule has 0 spiro atoms. The van der Waals surface area contributed by atoms with Gasteiger partial charge in [0.1, 0.15) is 11.4 Å². The number of halogens is 1. The van der Waals surface area contributed by atoms with Crippen LogP contribution in [0.5, 0.6) is 0 Å². The average Bonchev–Trinajstić information content (AvgIpc) is 2.80. The van der Waals surface area contributed by atoms with Gasteiger partial charge in [0.05, 0.1) is 22.7 Å². The van der Waals surface area contributed by atoms with Crippen molar-refractivity contribution in [1.29, 1.82) is 0 Å². The number of rotatable bonds is 5. The van der Waals surface area contributed by atoms with Crippen LogP contribution in [0.15, 0.2) is 47.4 Å². The van der Waals surface area contributed by atoms with E-state index in [4.69, 9.17) is 4.74 Å². The zero-order valence-electron chi connectivity index (χ0n) is 18.3. The van der Waals surface area contributed by atoms with Crippen molar-refractivity contribution in [2.24, 2.45) is 0 Å². The summed E-state index contributed by atoms with van der Waals surface area (Å²) in [5.41, 5.74) is 0.248. The first kappa shape index (κ1) is 22.4. The molecule has 0 saturated carbocycles. The Balaban J connectivity index is 1.94. The van der Waals surface area contributed by atoms with Crippen molar-refractivity contribution >= 4 is 28.2 Å². The molecule has 2 heterocycles. The molecule has 2 aromatic carbocycles. The molecule has 0 atom stereocenters. The Hall–Kier alpha value is -3.79. The quantitative estimate of drug-likeness (QED) is 0.332. The SMILES string of the molecule is CCOC(=O)c1cn(-c2ccc([N+](=O)[O-])cc2)c2cc(N3CCN(C)CC3)c(F)cc2c1=O. The molecule has 0 bridgehead atoms. The van der Waals surface area contributed by atoms with Crippen molar-refractivity contribution in [3.05, 3.63) is 74.3 Å². The first-order valence-electron chi connectivity index (χ1n) is 10.5. The van der Waals surface area contributed by atoms with Gasteiger partial charge in [-0.3, -0.25) is 14.9 Å². The number of fused-ring (bicyclic) bond motifs is 1. The van der Waals surface area contributed by atoms with Crippen LogP contribution in [0.2, 0.25) is 0 Å². The summed E-state index contributed by atoms with van der Waals surface area (Å²) in [6.45, 7) is 4.49. The number of anilines is 1. The summed E-state index contributed by atoms with van der Waals surface area (Å²) in [6, 6.07) is 8.41. The van der Waals surface area contributed by atoms with E-state index in [1.165, 1.54) is 30.5 Å². The maximum Gasteiger partial charge on any atom is 0.343 e. The lowest BCUT2D eigenvalue weighted by Crippen LogP contribution is -2.44. The number of hydrogen-bond donors (Lipinski definition) is 0. The van der Waals surface area contributed by atoms with E-state index in [0.717, 1.165) is 19.2 Å². The zero-order valence-corrected chi connectivity index (χ0v) is 18.3. The first-order chi connectivity index (χ1) is 15.8. The second-order valence-electron chi connectivity index (χ2n) is 7.85. The van der Waals surface area contributed by atoms with Crippen LogP contribution >= 0.6 is 0 Å². The summed E-state index contributed by atoms with van der Waals surface area (Å²) < 4.78 is 21.7. The zero-order chi connectivity index (χ0) is 23.7. The van der Waals surface area contributed by atoms with Gasteiger partial charge in [-0.05, 0) is 38.2 Å². The molecule has 3 aromatic rings. The van der Waals surface area contributed by atoms with Crippen molar-refractivity contribution in [1.82, 2.24) is 9.47 Å². The molecule has 172 valence electrons. The van der Waals surface area contributed by atoms with E-state index in [0.29, 0.717) is 30.0 Å². The van der Waals surface area contributed by atoms with Crippen LogP contribution in [0.4, 0.5) is 15.8 Å². The minimum Gasteiger partial charge on any atom is -0.462 e. The molecule has 4 rings (SSSR count). The monoisotopic (exact) mass is 454 g/mol. The molecule has 1 fully saturated rings. The van der Waals surface area contributed by atoms with Gasteiger partial charge in [0, 0.05) is 55.6 Å². The standard InChI is InChI=1S/C23H23FN4O5/c1-3-33-23(30)18-14-27(15-4-6-16(7-5-15)28(31)32)20-13-21(19(24)12-17(20)22(18)29)26-10-8-25(2)9-11-26/h4-7,12-14H,3,8-11H2,1-2H3. The van der Waals surface area contributed by atoms with Crippen molar-refractivity contribution in [2.75, 3.05) is 44.7 Å². The molecular weight excluding hydrogens is 431 g/mol. The van der Waals surface area contributed by atoms with Crippen molar-refractivity contribution in [3.63, 3.8) is 0 Å². The number of aromatic nitrogens is 1. The maximum absolute atomic E-state index is 15.1. The van der Waals surface area contributed by atoms with Gasteiger partial charge in [0.25, 0.3) is 5.69 Å². The van der Waals surface area contributed by atoms with Crippen molar-refractivity contribution in [3.8, 4) is 5.69 Å². The Morgan fingerprint density at radius 2 is 1.82 bits per heavy atom. The number of carbonyl (C=O) groups is 1. The molecular formula is C23H23FN4O5. The highest BCUT2D eigenvalue weighted by molar-refractivity contribution is 5.95. The van der Waals surface area contributed by atoms with Crippen LogP contribution in [0, 0.1) is 15.9 Å². The van der Waals surface area contributed by atoms with Crippen LogP contribution < -0.4 is 10.3 Å². The normalized spacial score (nSPS) is 14.5. The molecule has 9 nitrogen and oxygen atoms in total. The van der Waals surface area contributed by atoms with Crippen LogP contribution in [0.1, 0.15) is 17.3 Å². The predicted molar refractivity (Wildman–Crippen MR) is 122 cm³/mol. The number of pyridine rings is 1. The minimum absolute atomic E-state index is 0.0225. The van der Waals surface area contributed by atoms with Gasteiger partial charge in [-0.25, -0.2) is 9.18 Å². The number of benzene rings is 2. The van der Waals surface area contributed by atoms with Crippen LogP contribution in [-0.4, -0.2) is 60.2 Å². The Morgan fingerprint density at radius 3 is 2.42 bits per heavy atom. The van der Waals surface area contributed by atoms with E-state index in [9.17, 15) is 19.7 Å². The van der Waals surface area contributed by atoms with Gasteiger partial charge in [-0.15, -0.1) is 0 Å². The van der Waals surface area contributed by atoms with Crippen LogP contribution in [0.25, 0.3) is 16.6 Å². The molecule has 1 aliphatic heterocycles. The number of nitro groups is 1. The van der Waals surface area contributed by atoms with E-state index in [1.807, 2.05) is 11.9 Å². The Morgan fingerprint density at radius 1 is 1.15 bits per heavy atom. The molecule has 10 heteroatoms. The first-order valence-corrected chi connectivity index (χ1v) is 10.5. The number of esters is 1. The fourth-order valence-corrected chi connectivity index (χ4v) is 3.93. The van der Waals surface area contributed by atoms with Gasteiger partial charge >= 0.3 is 5.97 Å². The summed E-state index contributed by atoms with van der Waals surface area (Å²) in [7, 11) is 2.00. The number of non-ortho nitro benzene ring substituents is 1. The lowest BCUT2D eigenvalue weighted by molar-refractivity contribution is -0.384. The summed E-state index contributed by atoms with van der Waals surface area (Å²) >= 11 is 0. The van der Waals surface area contributed by atoms with E-state index in [2.05, 4.69) is 4.90 Å². The largest absolute Gasteiger partial charge is 0.462 e. The second-order valence-corrected chi connectivity index (χ2v) is 7.85. The third-order valence-corrected chi connectivity index (χ3v) is 5.75. The summed E-state index contributed by atoms with van der Waals surface area (Å²) in [6.07, 6.45) is 1.34. The number of likely N-dealkylation sites (N-methyl/N-ethyl adjacent to an activating group) is 1. The molecule has 0 unspecified atom stereocenters. The lowest BCUT2D eigenvalue weighted by atomic mass is 10.1. The fourth-order valence-electron chi connectivity index (χ4n) is 3.93. The molecule has 1 aromatic heterocycles. The van der Waals surface area contributed by atoms with Gasteiger partial charge in [0.15, 0.2) is 0 Å². The number of hydrogen-bond acceptors (Lipinski definition) is 7. The van der Waals surface area contributed by atoms with E-state index in [1.54, 1.807) is 17.6 Å². The number of nitrogens with zero attached hydrogens (tertiary/aromatic N) is 4. The summed E-state index contributed by atoms with van der Waals surface area (Å²) in [5, 5.41) is 11.1. The third-order valence-electron chi connectivity index (χ3n) is 5.75. The summed E-state index contributed by atoms with van der Waals surface area (Å²) in [4.78, 5) is 40.1. The molecule has 0 N–H and O–H groups in total. The van der Waals surface area contributed by atoms with E-state index >= 15 is 4.39 Å². The third kappa shape index (κ3) is 4.29. The highest BCUT2D eigenvalue weighted by Crippen LogP contribution is 2.28. The highest BCUT2D eigenvalue weighted by Gasteiger charge is 2.23. The Bertz CT molecular complexity index is 1280. The minimum atomic E-state index is -0.816. The smallest absolute Gasteiger partial charge is 0.343 e. The van der Waals surface area contributed by atoms with Crippen LogP contribution in [-0.2, 0) is 4.74 Å². The van der Waals surface area contributed by atoms with Gasteiger partial charge in [0.2, 0.25) is 5.43 Å². The van der Waals surface area contributed by atoms with E-state index in [-0.39, 0.29) is 23.2 Å². The van der Waals surface area contributed by atoms with Crippen molar-refractivity contribution in [2.45, 2.75) is 6.92 Å². The Labute approximate surface area is 188 Å². The number of carbonyl (C=O) groups excluding carboxylic acids is 1. The van der Waals surface area contributed by atoms with Gasteiger partial charge < -0.3 is 19.1 Å². The molecule has 0 aliphatic carbocycles. The topological polar surface area (TPSA) is 97.9 Å². The van der Waals surface area contributed by atoms with E-state index < -0.39 is 22.1 Å². The number of nitro benzene ring substituents is 1. The average molecular weight is 454 g/mol. The fraction of sp³-hybridized carbons (Fsp3) is 0.304. The predicted octanol–water partition coefficient (Wildman–Crippen LogP) is 2.97. The Kier molecular flexibility index (Phi) is 6.10. The summed E-state index contributed by atoms with van der Waals surface area (Å²) in [5.74, 6) is -1.37. The van der Waals surface area contributed by atoms with Crippen LogP contribution in [0.3, 0.4) is 0 Å². The number of piperazine rings is 1. The molecule has 1 aliphatic rings. The lowest BCUT2D eigenvalue weighted by Gasteiger charge is -2.34. The maximum atomic E-state index is 15.1. The highest BCUT2D eigenvalue weighted by atomic mass is 19.1. The molecule has 0 amide bonds. The van der Waals surface area contributed by atoms with Gasteiger partial charge in [-0.1, -0.05) is 0 Å². The molecule has 1 saturated heterocycles. The van der Waals surface area contributed by atoms with Gasteiger partial charge in [-0.2, -0.15) is 0 Å². The number of ether oxygens (including phenoxy) is 1. The molecule has 33 heavy (non-hydrogen) atoms.